The molecule has 0 radical (unpaired) electrons. The van der Waals surface area contributed by atoms with Crippen LogP contribution in [0.2, 0.25) is 0 Å². The van der Waals surface area contributed by atoms with Crippen LogP contribution in [0.1, 0.15) is 19.3 Å². The fourth-order valence-corrected chi connectivity index (χ4v) is 2.56. The topological polar surface area (TPSA) is 47.6 Å². The Morgan fingerprint density at radius 3 is 3.00 bits per heavy atom. The van der Waals surface area contributed by atoms with Gasteiger partial charge in [0.25, 0.3) is 0 Å². The van der Waals surface area contributed by atoms with Gasteiger partial charge in [-0.1, -0.05) is 0 Å². The molecule has 14 heavy (non-hydrogen) atoms. The average Bonchev–Trinajstić information content (AvgIpc) is 2.86. The van der Waals surface area contributed by atoms with E-state index in [0.717, 1.165) is 32.4 Å². The first-order chi connectivity index (χ1) is 6.79. The molecule has 0 saturated carbocycles. The number of carbonyl (C=O) groups excluding carboxylic acids is 1. The summed E-state index contributed by atoms with van der Waals surface area (Å²) in [5.41, 5.74) is -0.453. The standard InChI is InChI=1S/C10H17NO3/c1-13-9(12)10(4-2-5-11-10)8-3-6-14-7-8/h8,11H,2-7H2,1H3. The highest BCUT2D eigenvalue weighted by molar-refractivity contribution is 5.81. The van der Waals surface area contributed by atoms with Gasteiger partial charge < -0.3 is 14.8 Å². The molecule has 0 spiro atoms. The minimum atomic E-state index is -0.453. The minimum Gasteiger partial charge on any atom is -0.468 e. The maximum atomic E-state index is 11.8. The zero-order chi connectivity index (χ0) is 10.0. The van der Waals surface area contributed by atoms with Crippen molar-refractivity contribution >= 4 is 5.97 Å². The largest absolute Gasteiger partial charge is 0.468 e. The van der Waals surface area contributed by atoms with Crippen LogP contribution in [0.3, 0.4) is 0 Å². The highest BCUT2D eigenvalue weighted by atomic mass is 16.5. The number of nitrogens with one attached hydrogen (secondary N) is 1. The van der Waals surface area contributed by atoms with Gasteiger partial charge in [0, 0.05) is 12.5 Å². The third kappa shape index (κ3) is 1.42. The van der Waals surface area contributed by atoms with Crippen LogP contribution in [0.25, 0.3) is 0 Å². The zero-order valence-electron chi connectivity index (χ0n) is 8.54. The van der Waals surface area contributed by atoms with E-state index in [1.807, 2.05) is 0 Å². The second-order valence-corrected chi connectivity index (χ2v) is 4.05. The van der Waals surface area contributed by atoms with Gasteiger partial charge in [-0.25, -0.2) is 0 Å². The number of rotatable bonds is 2. The summed E-state index contributed by atoms with van der Waals surface area (Å²) in [6.07, 6.45) is 2.89. The molecule has 4 nitrogen and oxygen atoms in total. The third-order valence-electron chi connectivity index (χ3n) is 3.36. The van der Waals surface area contributed by atoms with Gasteiger partial charge in [-0.2, -0.15) is 0 Å². The van der Waals surface area contributed by atoms with Crippen molar-refractivity contribution < 1.29 is 14.3 Å². The molecule has 2 heterocycles. The molecule has 1 N–H and O–H groups in total. The molecule has 2 aliphatic rings. The zero-order valence-corrected chi connectivity index (χ0v) is 8.54. The quantitative estimate of drug-likeness (QED) is 0.651. The van der Waals surface area contributed by atoms with Gasteiger partial charge in [0.15, 0.2) is 0 Å². The van der Waals surface area contributed by atoms with Crippen molar-refractivity contribution in [2.75, 3.05) is 26.9 Å². The normalized spacial score (nSPS) is 37.4. The summed E-state index contributed by atoms with van der Waals surface area (Å²) in [6.45, 7) is 2.36. The smallest absolute Gasteiger partial charge is 0.326 e. The van der Waals surface area contributed by atoms with Crippen molar-refractivity contribution in [2.45, 2.75) is 24.8 Å². The van der Waals surface area contributed by atoms with Crippen LogP contribution in [-0.2, 0) is 14.3 Å². The summed E-state index contributed by atoms with van der Waals surface area (Å²) < 4.78 is 10.2. The summed E-state index contributed by atoms with van der Waals surface area (Å²) in [6, 6.07) is 0. The fraction of sp³-hybridized carbons (Fsp3) is 0.900. The molecule has 0 aromatic heterocycles. The molecule has 80 valence electrons. The molecule has 0 bridgehead atoms. The summed E-state index contributed by atoms with van der Waals surface area (Å²) >= 11 is 0. The Labute approximate surface area is 84.0 Å². The van der Waals surface area contributed by atoms with Gasteiger partial charge in [-0.15, -0.1) is 0 Å². The van der Waals surface area contributed by atoms with Gasteiger partial charge in [0.2, 0.25) is 0 Å². The van der Waals surface area contributed by atoms with E-state index in [9.17, 15) is 4.79 Å². The molecule has 2 aliphatic heterocycles. The number of esters is 1. The lowest BCUT2D eigenvalue weighted by molar-refractivity contribution is -0.150. The van der Waals surface area contributed by atoms with Crippen molar-refractivity contribution in [3.63, 3.8) is 0 Å². The van der Waals surface area contributed by atoms with E-state index < -0.39 is 5.54 Å². The number of ether oxygens (including phenoxy) is 2. The van der Waals surface area contributed by atoms with E-state index in [1.54, 1.807) is 0 Å². The van der Waals surface area contributed by atoms with Crippen molar-refractivity contribution in [2.24, 2.45) is 5.92 Å². The Balaban J connectivity index is 2.16. The maximum Gasteiger partial charge on any atom is 0.326 e. The Morgan fingerprint density at radius 2 is 2.50 bits per heavy atom. The molecule has 4 heteroatoms. The monoisotopic (exact) mass is 199 g/mol. The number of carbonyl (C=O) groups is 1. The van der Waals surface area contributed by atoms with Gasteiger partial charge in [0.05, 0.1) is 13.7 Å². The van der Waals surface area contributed by atoms with Crippen LogP contribution in [0.4, 0.5) is 0 Å². The molecular weight excluding hydrogens is 182 g/mol. The number of methoxy groups -OCH3 is 1. The summed E-state index contributed by atoms with van der Waals surface area (Å²) in [5.74, 6) is 0.169. The molecule has 2 rings (SSSR count). The Bertz CT molecular complexity index is 217. The lowest BCUT2D eigenvalue weighted by atomic mass is 9.82. The molecule has 2 saturated heterocycles. The van der Waals surface area contributed by atoms with E-state index in [2.05, 4.69) is 5.32 Å². The van der Waals surface area contributed by atoms with E-state index in [-0.39, 0.29) is 11.9 Å². The highest BCUT2D eigenvalue weighted by Gasteiger charge is 2.49. The Hall–Kier alpha value is -0.610. The van der Waals surface area contributed by atoms with E-state index in [0.29, 0.717) is 6.61 Å². The molecule has 0 aromatic carbocycles. The number of hydrogen-bond acceptors (Lipinski definition) is 4. The maximum absolute atomic E-state index is 11.8. The molecule has 0 aromatic rings. The lowest BCUT2D eigenvalue weighted by Gasteiger charge is -2.31. The van der Waals surface area contributed by atoms with Crippen molar-refractivity contribution in [1.82, 2.24) is 5.32 Å². The van der Waals surface area contributed by atoms with E-state index in [4.69, 9.17) is 9.47 Å². The molecule has 0 amide bonds. The van der Waals surface area contributed by atoms with E-state index in [1.165, 1.54) is 7.11 Å². The Morgan fingerprint density at radius 1 is 1.64 bits per heavy atom. The van der Waals surface area contributed by atoms with Gasteiger partial charge >= 0.3 is 5.97 Å². The summed E-state index contributed by atoms with van der Waals surface area (Å²) in [7, 11) is 1.46. The van der Waals surface area contributed by atoms with Crippen molar-refractivity contribution in [1.29, 1.82) is 0 Å². The fourth-order valence-electron chi connectivity index (χ4n) is 2.56. The SMILES string of the molecule is COC(=O)C1(C2CCOC2)CCCN1. The highest BCUT2D eigenvalue weighted by Crippen LogP contribution is 2.34. The first-order valence-electron chi connectivity index (χ1n) is 5.21. The summed E-state index contributed by atoms with van der Waals surface area (Å²) in [4.78, 5) is 11.8. The molecular formula is C10H17NO3. The van der Waals surface area contributed by atoms with Crippen LogP contribution in [0, 0.1) is 5.92 Å². The lowest BCUT2D eigenvalue weighted by Crippen LogP contribution is -2.54. The molecule has 2 atom stereocenters. The van der Waals surface area contributed by atoms with Crippen LogP contribution in [0.5, 0.6) is 0 Å². The van der Waals surface area contributed by atoms with Crippen LogP contribution < -0.4 is 5.32 Å². The van der Waals surface area contributed by atoms with Crippen molar-refractivity contribution in [3.05, 3.63) is 0 Å². The minimum absolute atomic E-state index is 0.120. The van der Waals surface area contributed by atoms with E-state index >= 15 is 0 Å². The molecule has 0 aliphatic carbocycles. The second kappa shape index (κ2) is 3.87. The van der Waals surface area contributed by atoms with Crippen LogP contribution in [-0.4, -0.2) is 38.4 Å². The van der Waals surface area contributed by atoms with Gasteiger partial charge in [0.1, 0.15) is 5.54 Å². The predicted octanol–water partition coefficient (Wildman–Crippen LogP) is 0.318. The second-order valence-electron chi connectivity index (χ2n) is 4.05. The van der Waals surface area contributed by atoms with Gasteiger partial charge in [-0.3, -0.25) is 4.79 Å². The average molecular weight is 199 g/mol. The first kappa shape index (κ1) is 9.93. The Kier molecular flexibility index (Phi) is 2.74. The third-order valence-corrected chi connectivity index (χ3v) is 3.36. The van der Waals surface area contributed by atoms with Crippen LogP contribution in [0.15, 0.2) is 0 Å². The first-order valence-corrected chi connectivity index (χ1v) is 5.21. The number of hydrogen-bond donors (Lipinski definition) is 1. The molecule has 2 unspecified atom stereocenters. The van der Waals surface area contributed by atoms with Crippen molar-refractivity contribution in [3.8, 4) is 0 Å². The molecule has 2 fully saturated rings. The van der Waals surface area contributed by atoms with Gasteiger partial charge in [-0.05, 0) is 25.8 Å². The van der Waals surface area contributed by atoms with Crippen LogP contribution >= 0.6 is 0 Å². The summed E-state index contributed by atoms with van der Waals surface area (Å²) in [5, 5.41) is 3.31. The predicted molar refractivity (Wildman–Crippen MR) is 50.9 cm³/mol.